The standard InChI is InChI=1S/C20H28N6OS/c1-5-7-12-26-18(16(6-2)25(3)4)23-24-20(26)28-13-17-21-15-11-9-8-10-14(15)19(27)22-17/h8-11,16H,5-7,12-13H2,1-4H3,(H,21,22,27)/p+1/t16-/m0/s1. The number of thioether (sulfide) groups is 1. The van der Waals surface area contributed by atoms with Crippen LogP contribution in [0.5, 0.6) is 0 Å². The summed E-state index contributed by atoms with van der Waals surface area (Å²) in [5, 5.41) is 10.5. The van der Waals surface area contributed by atoms with Crippen molar-refractivity contribution >= 4 is 22.7 Å². The van der Waals surface area contributed by atoms with Gasteiger partial charge in [0.25, 0.3) is 5.56 Å². The fourth-order valence-corrected chi connectivity index (χ4v) is 4.22. The molecule has 3 rings (SSSR count). The lowest BCUT2D eigenvalue weighted by Crippen LogP contribution is -3.06. The maximum Gasteiger partial charge on any atom is 0.258 e. The molecule has 0 amide bonds. The van der Waals surface area contributed by atoms with Gasteiger partial charge < -0.3 is 14.5 Å². The summed E-state index contributed by atoms with van der Waals surface area (Å²) in [5.74, 6) is 2.25. The first-order valence-corrected chi connectivity index (χ1v) is 10.9. The molecule has 0 spiro atoms. The van der Waals surface area contributed by atoms with Gasteiger partial charge in [-0.15, -0.1) is 10.2 Å². The Hall–Kier alpha value is -2.19. The van der Waals surface area contributed by atoms with E-state index in [2.05, 4.69) is 52.7 Å². The van der Waals surface area contributed by atoms with Gasteiger partial charge in [0, 0.05) is 13.0 Å². The van der Waals surface area contributed by atoms with Gasteiger partial charge in [0.1, 0.15) is 11.9 Å². The Morgan fingerprint density at radius 3 is 2.71 bits per heavy atom. The number of H-pyrrole nitrogens is 1. The number of aromatic nitrogens is 5. The molecule has 0 fully saturated rings. The summed E-state index contributed by atoms with van der Waals surface area (Å²) in [6.45, 7) is 5.29. The van der Waals surface area contributed by atoms with Gasteiger partial charge in [-0.25, -0.2) is 4.98 Å². The monoisotopic (exact) mass is 401 g/mol. The highest BCUT2D eigenvalue weighted by Crippen LogP contribution is 2.24. The molecule has 7 nitrogen and oxygen atoms in total. The third kappa shape index (κ3) is 4.44. The summed E-state index contributed by atoms with van der Waals surface area (Å²) >= 11 is 1.58. The van der Waals surface area contributed by atoms with Crippen molar-refractivity contribution in [2.45, 2.75) is 56.6 Å². The Labute approximate surface area is 169 Å². The summed E-state index contributed by atoms with van der Waals surface area (Å²) in [6.07, 6.45) is 3.21. The molecule has 0 bridgehead atoms. The first kappa shape index (κ1) is 20.5. The highest BCUT2D eigenvalue weighted by atomic mass is 32.2. The van der Waals surface area contributed by atoms with E-state index in [1.807, 2.05) is 18.2 Å². The van der Waals surface area contributed by atoms with E-state index in [1.54, 1.807) is 17.8 Å². The molecule has 1 aromatic carbocycles. The van der Waals surface area contributed by atoms with E-state index in [1.165, 1.54) is 4.90 Å². The fraction of sp³-hybridized carbons (Fsp3) is 0.500. The Morgan fingerprint density at radius 1 is 1.21 bits per heavy atom. The van der Waals surface area contributed by atoms with Gasteiger partial charge in [-0.3, -0.25) is 4.79 Å². The number of nitrogens with zero attached hydrogens (tertiary/aromatic N) is 4. The minimum absolute atomic E-state index is 0.100. The van der Waals surface area contributed by atoms with Crippen LogP contribution in [-0.4, -0.2) is 38.8 Å². The van der Waals surface area contributed by atoms with E-state index in [9.17, 15) is 4.79 Å². The SMILES string of the molecule is CCCCn1c(SCc2nc3ccccc3c(=O)[nH]2)nnc1[C@H](CC)[NH+](C)C. The Kier molecular flexibility index (Phi) is 6.85. The van der Waals surface area contributed by atoms with Crippen LogP contribution in [0.15, 0.2) is 34.2 Å². The zero-order valence-electron chi connectivity index (χ0n) is 17.0. The number of aromatic amines is 1. The van der Waals surface area contributed by atoms with Crippen LogP contribution in [0.1, 0.15) is 50.8 Å². The minimum Gasteiger partial charge on any atom is -0.331 e. The second-order valence-electron chi connectivity index (χ2n) is 7.20. The number of nitrogens with one attached hydrogen (secondary N) is 2. The molecule has 0 aliphatic rings. The highest BCUT2D eigenvalue weighted by Gasteiger charge is 2.24. The van der Waals surface area contributed by atoms with Gasteiger partial charge >= 0.3 is 0 Å². The average molecular weight is 402 g/mol. The quantitative estimate of drug-likeness (QED) is 0.537. The van der Waals surface area contributed by atoms with Gasteiger partial charge in [-0.1, -0.05) is 44.2 Å². The Bertz CT molecular complexity index is 980. The maximum atomic E-state index is 12.3. The molecular weight excluding hydrogens is 372 g/mol. The number of fused-ring (bicyclic) bond motifs is 1. The first-order valence-electron chi connectivity index (χ1n) is 9.89. The average Bonchev–Trinajstić information content (AvgIpc) is 3.07. The largest absolute Gasteiger partial charge is 0.331 e. The zero-order valence-corrected chi connectivity index (χ0v) is 17.8. The molecule has 2 N–H and O–H groups in total. The number of benzene rings is 1. The molecule has 2 aromatic heterocycles. The van der Waals surface area contributed by atoms with Crippen molar-refractivity contribution in [3.63, 3.8) is 0 Å². The third-order valence-corrected chi connectivity index (χ3v) is 5.88. The smallest absolute Gasteiger partial charge is 0.258 e. The van der Waals surface area contributed by atoms with E-state index in [0.29, 0.717) is 23.0 Å². The molecule has 1 atom stereocenters. The van der Waals surface area contributed by atoms with Gasteiger partial charge in [0.2, 0.25) is 0 Å². The molecule has 0 aliphatic heterocycles. The molecule has 0 radical (unpaired) electrons. The Morgan fingerprint density at radius 2 is 2.00 bits per heavy atom. The van der Waals surface area contributed by atoms with E-state index >= 15 is 0 Å². The molecule has 150 valence electrons. The van der Waals surface area contributed by atoms with Gasteiger partial charge in [-0.2, -0.15) is 0 Å². The van der Waals surface area contributed by atoms with Crippen LogP contribution in [-0.2, 0) is 12.3 Å². The lowest BCUT2D eigenvalue weighted by molar-refractivity contribution is -0.893. The van der Waals surface area contributed by atoms with Crippen LogP contribution >= 0.6 is 11.8 Å². The molecule has 28 heavy (non-hydrogen) atoms. The number of quaternary nitrogens is 1. The fourth-order valence-electron chi connectivity index (χ4n) is 3.38. The van der Waals surface area contributed by atoms with Crippen LogP contribution in [0.25, 0.3) is 10.9 Å². The highest BCUT2D eigenvalue weighted by molar-refractivity contribution is 7.98. The predicted molar refractivity (Wildman–Crippen MR) is 113 cm³/mol. The van der Waals surface area contributed by atoms with Crippen molar-refractivity contribution in [1.29, 1.82) is 0 Å². The van der Waals surface area contributed by atoms with Crippen LogP contribution in [0.2, 0.25) is 0 Å². The van der Waals surface area contributed by atoms with Crippen molar-refractivity contribution in [3.05, 3.63) is 46.3 Å². The van der Waals surface area contributed by atoms with E-state index in [4.69, 9.17) is 0 Å². The molecule has 0 aliphatic carbocycles. The van der Waals surface area contributed by atoms with E-state index in [0.717, 1.165) is 42.3 Å². The molecule has 3 aromatic rings. The molecule has 8 heteroatoms. The predicted octanol–water partition coefficient (Wildman–Crippen LogP) is 2.20. The van der Waals surface area contributed by atoms with Gasteiger partial charge in [0.05, 0.1) is 30.8 Å². The first-order chi connectivity index (χ1) is 13.5. The number of unbranched alkanes of at least 4 members (excludes halogenated alkanes) is 1. The van der Waals surface area contributed by atoms with E-state index < -0.39 is 0 Å². The van der Waals surface area contributed by atoms with Crippen LogP contribution in [0, 0.1) is 0 Å². The van der Waals surface area contributed by atoms with Crippen molar-refractivity contribution < 1.29 is 4.90 Å². The summed E-state index contributed by atoms with van der Waals surface area (Å²) in [7, 11) is 4.31. The normalized spacial score (nSPS) is 12.8. The third-order valence-electron chi connectivity index (χ3n) is 4.90. The van der Waals surface area contributed by atoms with Crippen molar-refractivity contribution in [1.82, 2.24) is 24.7 Å². The lowest BCUT2D eigenvalue weighted by Gasteiger charge is -2.20. The zero-order chi connectivity index (χ0) is 20.1. The summed E-state index contributed by atoms with van der Waals surface area (Å²) < 4.78 is 2.24. The summed E-state index contributed by atoms with van der Waals surface area (Å²) in [5.41, 5.74) is 0.619. The number of hydrogen-bond acceptors (Lipinski definition) is 5. The minimum atomic E-state index is -0.100. The summed E-state index contributed by atoms with van der Waals surface area (Å²) in [6, 6.07) is 7.72. The number of hydrogen-bond donors (Lipinski definition) is 2. The topological polar surface area (TPSA) is 80.9 Å². The van der Waals surface area contributed by atoms with E-state index in [-0.39, 0.29) is 5.56 Å². The van der Waals surface area contributed by atoms with Crippen LogP contribution in [0.4, 0.5) is 0 Å². The number of para-hydroxylation sites is 1. The summed E-state index contributed by atoms with van der Waals surface area (Å²) in [4.78, 5) is 21.1. The van der Waals surface area contributed by atoms with Crippen molar-refractivity contribution in [2.75, 3.05) is 14.1 Å². The lowest BCUT2D eigenvalue weighted by atomic mass is 10.2. The second kappa shape index (κ2) is 9.34. The molecule has 0 unspecified atom stereocenters. The van der Waals surface area contributed by atoms with Crippen molar-refractivity contribution in [3.8, 4) is 0 Å². The Balaban J connectivity index is 1.85. The van der Waals surface area contributed by atoms with Crippen LogP contribution < -0.4 is 10.5 Å². The van der Waals surface area contributed by atoms with Gasteiger partial charge in [-0.05, 0) is 18.6 Å². The molecular formula is C20H29N6OS+. The number of rotatable bonds is 9. The maximum absolute atomic E-state index is 12.3. The molecule has 2 heterocycles. The van der Waals surface area contributed by atoms with Gasteiger partial charge in [0.15, 0.2) is 11.0 Å². The van der Waals surface area contributed by atoms with Crippen molar-refractivity contribution in [2.24, 2.45) is 0 Å². The molecule has 0 saturated heterocycles. The van der Waals surface area contributed by atoms with Crippen LogP contribution in [0.3, 0.4) is 0 Å². The molecule has 0 saturated carbocycles. The second-order valence-corrected chi connectivity index (χ2v) is 8.15.